The predicted octanol–water partition coefficient (Wildman–Crippen LogP) is 3.75. The number of nitrogens with one attached hydrogen (secondary N) is 1. The molecule has 2 heterocycles. The summed E-state index contributed by atoms with van der Waals surface area (Å²) >= 11 is 0. The van der Waals surface area contributed by atoms with Crippen LogP contribution in [0.2, 0.25) is 0 Å². The molecule has 1 aliphatic heterocycles. The lowest BCUT2D eigenvalue weighted by Crippen LogP contribution is -2.35. The molecule has 1 N–H and O–H groups in total. The quantitative estimate of drug-likeness (QED) is 0.685. The maximum Gasteiger partial charge on any atom is 0.264 e. The van der Waals surface area contributed by atoms with Crippen molar-refractivity contribution in [3.8, 4) is 0 Å². The number of aryl methyl sites for hydroxylation is 1. The number of halogens is 2. The molecule has 0 radical (unpaired) electrons. The number of amides is 1. The van der Waals surface area contributed by atoms with Crippen LogP contribution in [0.25, 0.3) is 0 Å². The molecule has 154 valence electrons. The Labute approximate surface area is 172 Å². The van der Waals surface area contributed by atoms with E-state index in [1.54, 1.807) is 18.2 Å². The standard InChI is InChI=1S/C21H17F2N3O3S/c22-15-4-7-17(8-5-15)30(28,29)26-11-1-2-14-3-6-16(12-20(14)26)25-21(27)18-9-10-24-13-19(18)23/h3-10,12-13H,1-2,11H2,(H,25,27). The molecule has 9 heteroatoms. The van der Waals surface area contributed by atoms with Crippen LogP contribution >= 0.6 is 0 Å². The number of sulfonamides is 1. The van der Waals surface area contributed by atoms with Gasteiger partial charge in [-0.2, -0.15) is 0 Å². The maximum absolute atomic E-state index is 13.8. The molecule has 0 saturated heterocycles. The summed E-state index contributed by atoms with van der Waals surface area (Å²) in [5.74, 6) is -1.95. The van der Waals surface area contributed by atoms with E-state index in [4.69, 9.17) is 0 Å². The van der Waals surface area contributed by atoms with Gasteiger partial charge in [-0.25, -0.2) is 17.2 Å². The Kier molecular flexibility index (Phi) is 5.21. The average Bonchev–Trinajstić information content (AvgIpc) is 2.73. The topological polar surface area (TPSA) is 79.4 Å². The number of carbonyl (C=O) groups is 1. The van der Waals surface area contributed by atoms with E-state index in [2.05, 4.69) is 10.3 Å². The number of hydrogen-bond donors (Lipinski definition) is 1. The number of fused-ring (bicyclic) bond motifs is 1. The Morgan fingerprint density at radius 3 is 2.57 bits per heavy atom. The summed E-state index contributed by atoms with van der Waals surface area (Å²) in [4.78, 5) is 16.0. The Morgan fingerprint density at radius 1 is 1.07 bits per heavy atom. The molecule has 1 aromatic heterocycles. The lowest BCUT2D eigenvalue weighted by Gasteiger charge is -2.31. The van der Waals surface area contributed by atoms with E-state index in [0.29, 0.717) is 24.2 Å². The van der Waals surface area contributed by atoms with Crippen molar-refractivity contribution >= 4 is 27.3 Å². The smallest absolute Gasteiger partial charge is 0.264 e. The minimum atomic E-state index is -3.91. The summed E-state index contributed by atoms with van der Waals surface area (Å²) in [6.45, 7) is 0.253. The summed E-state index contributed by atoms with van der Waals surface area (Å²) < 4.78 is 54.5. The lowest BCUT2D eigenvalue weighted by molar-refractivity contribution is 0.102. The van der Waals surface area contributed by atoms with Gasteiger partial charge in [0.15, 0.2) is 5.82 Å². The molecule has 4 rings (SSSR count). The van der Waals surface area contributed by atoms with Gasteiger partial charge < -0.3 is 5.32 Å². The normalized spacial score (nSPS) is 13.6. The number of carbonyl (C=O) groups excluding carboxylic acids is 1. The molecular formula is C21H17F2N3O3S. The van der Waals surface area contributed by atoms with Crippen LogP contribution in [0.3, 0.4) is 0 Å². The molecule has 1 amide bonds. The van der Waals surface area contributed by atoms with Gasteiger partial charge in [0.25, 0.3) is 15.9 Å². The number of anilines is 2. The molecule has 0 saturated carbocycles. The molecule has 0 bridgehead atoms. The number of rotatable bonds is 4. The zero-order valence-corrected chi connectivity index (χ0v) is 16.5. The van der Waals surface area contributed by atoms with Crippen LogP contribution in [-0.4, -0.2) is 25.9 Å². The Balaban J connectivity index is 1.67. The van der Waals surface area contributed by atoms with E-state index in [9.17, 15) is 22.0 Å². The minimum absolute atomic E-state index is 0.0231. The van der Waals surface area contributed by atoms with Gasteiger partial charge in [-0.15, -0.1) is 0 Å². The van der Waals surface area contributed by atoms with E-state index in [1.165, 1.54) is 28.7 Å². The molecule has 1 aliphatic rings. The third-order valence-corrected chi connectivity index (χ3v) is 6.67. The largest absolute Gasteiger partial charge is 0.322 e. The minimum Gasteiger partial charge on any atom is -0.322 e. The Bertz CT molecular complexity index is 1210. The monoisotopic (exact) mass is 429 g/mol. The fourth-order valence-electron chi connectivity index (χ4n) is 3.36. The highest BCUT2D eigenvalue weighted by molar-refractivity contribution is 7.92. The molecule has 30 heavy (non-hydrogen) atoms. The van der Waals surface area contributed by atoms with Gasteiger partial charge in [0, 0.05) is 18.4 Å². The summed E-state index contributed by atoms with van der Waals surface area (Å²) in [7, 11) is -3.91. The van der Waals surface area contributed by atoms with Crippen LogP contribution in [0.15, 0.2) is 65.8 Å². The van der Waals surface area contributed by atoms with Crippen LogP contribution in [0.1, 0.15) is 22.3 Å². The van der Waals surface area contributed by atoms with Crippen LogP contribution < -0.4 is 9.62 Å². The van der Waals surface area contributed by atoms with E-state index >= 15 is 0 Å². The van der Waals surface area contributed by atoms with E-state index in [0.717, 1.165) is 23.9 Å². The second-order valence-electron chi connectivity index (χ2n) is 6.79. The van der Waals surface area contributed by atoms with Crippen molar-refractivity contribution in [2.45, 2.75) is 17.7 Å². The van der Waals surface area contributed by atoms with Crippen molar-refractivity contribution in [3.05, 3.63) is 83.7 Å². The third kappa shape index (κ3) is 3.76. The highest BCUT2D eigenvalue weighted by Crippen LogP contribution is 2.34. The van der Waals surface area contributed by atoms with Crippen molar-refractivity contribution in [3.63, 3.8) is 0 Å². The van der Waals surface area contributed by atoms with Crippen molar-refractivity contribution in [1.29, 1.82) is 0 Å². The van der Waals surface area contributed by atoms with Gasteiger partial charge in [-0.3, -0.25) is 14.1 Å². The number of aromatic nitrogens is 1. The predicted molar refractivity (Wildman–Crippen MR) is 108 cm³/mol. The van der Waals surface area contributed by atoms with Crippen molar-refractivity contribution in [1.82, 2.24) is 4.98 Å². The number of pyridine rings is 1. The highest BCUT2D eigenvalue weighted by atomic mass is 32.2. The van der Waals surface area contributed by atoms with Crippen LogP contribution in [-0.2, 0) is 16.4 Å². The van der Waals surface area contributed by atoms with Gasteiger partial charge in [0.05, 0.1) is 22.3 Å². The lowest BCUT2D eigenvalue weighted by atomic mass is 10.0. The molecule has 2 aromatic carbocycles. The molecule has 0 atom stereocenters. The number of hydrogen-bond acceptors (Lipinski definition) is 4. The number of nitrogens with zero attached hydrogens (tertiary/aromatic N) is 2. The summed E-state index contributed by atoms with van der Waals surface area (Å²) in [6.07, 6.45) is 3.56. The number of benzene rings is 2. The van der Waals surface area contributed by atoms with E-state index in [-0.39, 0.29) is 17.0 Å². The third-order valence-electron chi connectivity index (χ3n) is 4.84. The molecular weight excluding hydrogens is 412 g/mol. The van der Waals surface area contributed by atoms with Gasteiger partial charge in [-0.05, 0) is 60.9 Å². The molecule has 0 spiro atoms. The van der Waals surface area contributed by atoms with Gasteiger partial charge in [0.1, 0.15) is 5.82 Å². The second kappa shape index (κ2) is 7.83. The highest BCUT2D eigenvalue weighted by Gasteiger charge is 2.29. The Morgan fingerprint density at radius 2 is 1.83 bits per heavy atom. The van der Waals surface area contributed by atoms with Crippen molar-refractivity contribution in [2.75, 3.05) is 16.2 Å². The van der Waals surface area contributed by atoms with Crippen LogP contribution in [0.5, 0.6) is 0 Å². The zero-order valence-electron chi connectivity index (χ0n) is 15.7. The first-order chi connectivity index (χ1) is 14.4. The molecule has 0 aliphatic carbocycles. The first kappa shape index (κ1) is 20.0. The van der Waals surface area contributed by atoms with Gasteiger partial charge in [0.2, 0.25) is 0 Å². The molecule has 0 fully saturated rings. The first-order valence-corrected chi connectivity index (χ1v) is 10.6. The fourth-order valence-corrected chi connectivity index (χ4v) is 4.89. The van der Waals surface area contributed by atoms with Crippen molar-refractivity contribution < 1.29 is 22.0 Å². The maximum atomic E-state index is 13.8. The van der Waals surface area contributed by atoms with Gasteiger partial charge in [-0.1, -0.05) is 6.07 Å². The Hall–Kier alpha value is -3.33. The fraction of sp³-hybridized carbons (Fsp3) is 0.143. The van der Waals surface area contributed by atoms with E-state index < -0.39 is 27.6 Å². The first-order valence-electron chi connectivity index (χ1n) is 9.18. The summed E-state index contributed by atoms with van der Waals surface area (Å²) in [5.41, 5.74) is 1.40. The van der Waals surface area contributed by atoms with Crippen LogP contribution in [0.4, 0.5) is 20.2 Å². The van der Waals surface area contributed by atoms with Gasteiger partial charge >= 0.3 is 0 Å². The van der Waals surface area contributed by atoms with Crippen LogP contribution in [0, 0.1) is 11.6 Å². The zero-order chi connectivity index (χ0) is 21.3. The average molecular weight is 429 g/mol. The van der Waals surface area contributed by atoms with E-state index in [1.807, 2.05) is 0 Å². The van der Waals surface area contributed by atoms with Crippen molar-refractivity contribution in [2.24, 2.45) is 0 Å². The molecule has 6 nitrogen and oxygen atoms in total. The molecule has 3 aromatic rings. The molecule has 0 unspecified atom stereocenters. The second-order valence-corrected chi connectivity index (χ2v) is 8.65. The SMILES string of the molecule is O=C(Nc1ccc2c(c1)N(S(=O)(=O)c1ccc(F)cc1)CCC2)c1ccncc1F. The summed E-state index contributed by atoms with van der Waals surface area (Å²) in [5, 5.41) is 2.59. The summed E-state index contributed by atoms with van der Waals surface area (Å²) in [6, 6.07) is 10.8.